The fourth-order valence-corrected chi connectivity index (χ4v) is 3.53. The van der Waals surface area contributed by atoms with E-state index in [1.165, 1.54) is 4.90 Å². The molecule has 0 aliphatic carbocycles. The number of carbonyl (C=O) groups excluding carboxylic acids is 2. The number of hydrogen-bond acceptors (Lipinski definition) is 2. The van der Waals surface area contributed by atoms with Gasteiger partial charge in [0.15, 0.2) is 0 Å². The van der Waals surface area contributed by atoms with Crippen LogP contribution in [0.2, 0.25) is 0 Å². The Morgan fingerprint density at radius 2 is 1.33 bits per heavy atom. The van der Waals surface area contributed by atoms with E-state index in [1.54, 1.807) is 24.3 Å². The van der Waals surface area contributed by atoms with Crippen molar-refractivity contribution in [2.75, 3.05) is 4.90 Å². The van der Waals surface area contributed by atoms with Gasteiger partial charge in [-0.25, -0.2) is 4.90 Å². The van der Waals surface area contributed by atoms with Crippen LogP contribution < -0.4 is 4.90 Å². The van der Waals surface area contributed by atoms with E-state index < -0.39 is 0 Å². The van der Waals surface area contributed by atoms with Crippen molar-refractivity contribution in [3.63, 3.8) is 0 Å². The van der Waals surface area contributed by atoms with Gasteiger partial charge in [-0.05, 0) is 39.7 Å². The number of nitrogens with zero attached hydrogens (tertiary/aromatic N) is 1. The van der Waals surface area contributed by atoms with E-state index in [2.05, 4.69) is 15.9 Å². The molecule has 3 nitrogen and oxygen atoms in total. The van der Waals surface area contributed by atoms with Crippen LogP contribution in [0.3, 0.4) is 0 Å². The molecule has 0 unspecified atom stereocenters. The second-order valence-electron chi connectivity index (χ2n) is 5.49. The average molecular weight is 378 g/mol. The first-order valence-corrected chi connectivity index (χ1v) is 8.29. The van der Waals surface area contributed by atoms with Gasteiger partial charge in [0.05, 0.1) is 16.8 Å². The lowest BCUT2D eigenvalue weighted by Crippen LogP contribution is -2.29. The number of anilines is 1. The Hall–Kier alpha value is -2.72. The summed E-state index contributed by atoms with van der Waals surface area (Å²) in [7, 11) is 0. The number of imide groups is 1. The number of amides is 2. The Labute approximate surface area is 147 Å². The Bertz CT molecular complexity index is 966. The molecule has 116 valence electrons. The summed E-state index contributed by atoms with van der Waals surface area (Å²) >= 11 is 3.38. The third-order valence-electron chi connectivity index (χ3n) is 4.09. The highest BCUT2D eigenvalue weighted by atomic mass is 79.9. The number of para-hydroxylation sites is 1. The second kappa shape index (κ2) is 5.73. The van der Waals surface area contributed by atoms with Crippen LogP contribution in [0.25, 0.3) is 11.1 Å². The Morgan fingerprint density at radius 1 is 0.667 bits per heavy atom. The molecular formula is C20H12BrNO2. The minimum atomic E-state index is -0.300. The first-order chi connectivity index (χ1) is 11.7. The van der Waals surface area contributed by atoms with Gasteiger partial charge < -0.3 is 0 Å². The first kappa shape index (κ1) is 14.8. The summed E-state index contributed by atoms with van der Waals surface area (Å²) in [4.78, 5) is 27.0. The van der Waals surface area contributed by atoms with E-state index in [0.29, 0.717) is 21.3 Å². The molecule has 0 fully saturated rings. The smallest absolute Gasteiger partial charge is 0.267 e. The lowest BCUT2D eigenvalue weighted by atomic mass is 10.0. The lowest BCUT2D eigenvalue weighted by molar-refractivity contribution is 0.0926. The highest BCUT2D eigenvalue weighted by Crippen LogP contribution is 2.37. The van der Waals surface area contributed by atoms with Crippen molar-refractivity contribution in [1.82, 2.24) is 0 Å². The molecule has 0 spiro atoms. The monoisotopic (exact) mass is 377 g/mol. The second-order valence-corrected chi connectivity index (χ2v) is 6.35. The number of carbonyl (C=O) groups is 2. The molecule has 1 aliphatic heterocycles. The van der Waals surface area contributed by atoms with Crippen molar-refractivity contribution >= 4 is 33.4 Å². The summed E-state index contributed by atoms with van der Waals surface area (Å²) in [6.45, 7) is 0. The lowest BCUT2D eigenvalue weighted by Gasteiger charge is -2.18. The van der Waals surface area contributed by atoms with Gasteiger partial charge in [-0.2, -0.15) is 0 Å². The van der Waals surface area contributed by atoms with Crippen LogP contribution in [0, 0.1) is 0 Å². The highest BCUT2D eigenvalue weighted by molar-refractivity contribution is 9.10. The molecule has 1 aliphatic rings. The molecule has 3 aromatic rings. The molecule has 24 heavy (non-hydrogen) atoms. The van der Waals surface area contributed by atoms with Gasteiger partial charge in [0.2, 0.25) is 0 Å². The molecule has 0 aromatic heterocycles. The summed E-state index contributed by atoms with van der Waals surface area (Å²) in [5.41, 5.74) is 3.26. The van der Waals surface area contributed by atoms with E-state index in [9.17, 15) is 9.59 Å². The van der Waals surface area contributed by atoms with Gasteiger partial charge in [-0.15, -0.1) is 0 Å². The maximum Gasteiger partial charge on any atom is 0.267 e. The SMILES string of the molecule is O=C1c2cccc(Br)c2C(=O)N1c1ccccc1-c1ccccc1. The van der Waals surface area contributed by atoms with Gasteiger partial charge in [0.1, 0.15) is 0 Å². The standard InChI is InChI=1S/C20H12BrNO2/c21-16-11-6-10-15-18(16)20(24)22(19(15)23)17-12-5-4-9-14(17)13-7-2-1-3-8-13/h1-12H. The molecule has 3 aromatic carbocycles. The Kier molecular flexibility index (Phi) is 3.54. The maximum absolute atomic E-state index is 12.9. The van der Waals surface area contributed by atoms with E-state index in [0.717, 1.165) is 11.1 Å². The maximum atomic E-state index is 12.9. The fraction of sp³-hybridized carbons (Fsp3) is 0. The van der Waals surface area contributed by atoms with Gasteiger partial charge in [-0.3, -0.25) is 9.59 Å². The fourth-order valence-electron chi connectivity index (χ4n) is 2.99. The molecule has 0 atom stereocenters. The van der Waals surface area contributed by atoms with Gasteiger partial charge in [0, 0.05) is 10.0 Å². The molecule has 0 saturated heterocycles. The molecule has 1 heterocycles. The van der Waals surface area contributed by atoms with E-state index in [4.69, 9.17) is 0 Å². The minimum absolute atomic E-state index is 0.292. The van der Waals surface area contributed by atoms with Crippen LogP contribution in [0.15, 0.2) is 77.3 Å². The number of rotatable bonds is 2. The summed E-state index contributed by atoms with van der Waals surface area (Å²) in [5.74, 6) is -0.592. The molecule has 4 rings (SSSR count). The van der Waals surface area contributed by atoms with Crippen molar-refractivity contribution in [1.29, 1.82) is 0 Å². The zero-order valence-corrected chi connectivity index (χ0v) is 14.2. The molecule has 0 bridgehead atoms. The molecule has 0 saturated carbocycles. The predicted molar refractivity (Wildman–Crippen MR) is 97.2 cm³/mol. The van der Waals surface area contributed by atoms with Crippen LogP contribution >= 0.6 is 15.9 Å². The third kappa shape index (κ3) is 2.19. The van der Waals surface area contributed by atoms with Crippen LogP contribution in [0.1, 0.15) is 20.7 Å². The highest BCUT2D eigenvalue weighted by Gasteiger charge is 2.38. The molecule has 2 amide bonds. The van der Waals surface area contributed by atoms with Crippen LogP contribution in [-0.2, 0) is 0 Å². The van der Waals surface area contributed by atoms with E-state index in [-0.39, 0.29) is 11.8 Å². The van der Waals surface area contributed by atoms with Gasteiger partial charge in [0.25, 0.3) is 11.8 Å². The first-order valence-electron chi connectivity index (χ1n) is 7.50. The number of benzene rings is 3. The van der Waals surface area contributed by atoms with Gasteiger partial charge in [-0.1, -0.05) is 54.6 Å². The van der Waals surface area contributed by atoms with Gasteiger partial charge >= 0.3 is 0 Å². The summed E-state index contributed by atoms with van der Waals surface area (Å²) < 4.78 is 0.637. The summed E-state index contributed by atoms with van der Waals surface area (Å²) in [5, 5.41) is 0. The molecule has 0 N–H and O–H groups in total. The Morgan fingerprint density at radius 3 is 2.08 bits per heavy atom. The normalized spacial score (nSPS) is 13.3. The Balaban J connectivity index is 1.89. The molecular weight excluding hydrogens is 366 g/mol. The largest absolute Gasteiger partial charge is 0.268 e. The van der Waals surface area contributed by atoms with E-state index in [1.807, 2.05) is 48.5 Å². The molecule has 4 heteroatoms. The van der Waals surface area contributed by atoms with Crippen molar-refractivity contribution in [2.24, 2.45) is 0 Å². The topological polar surface area (TPSA) is 37.4 Å². The quantitative estimate of drug-likeness (QED) is 0.594. The summed E-state index contributed by atoms with van der Waals surface area (Å²) in [6.07, 6.45) is 0. The van der Waals surface area contributed by atoms with Crippen molar-refractivity contribution in [2.45, 2.75) is 0 Å². The third-order valence-corrected chi connectivity index (χ3v) is 4.75. The van der Waals surface area contributed by atoms with Crippen LogP contribution in [-0.4, -0.2) is 11.8 Å². The zero-order chi connectivity index (χ0) is 16.7. The minimum Gasteiger partial charge on any atom is -0.268 e. The summed E-state index contributed by atoms with van der Waals surface area (Å²) in [6, 6.07) is 22.4. The van der Waals surface area contributed by atoms with Crippen LogP contribution in [0.5, 0.6) is 0 Å². The average Bonchev–Trinajstić information content (AvgIpc) is 2.88. The number of halogens is 1. The van der Waals surface area contributed by atoms with Crippen molar-refractivity contribution < 1.29 is 9.59 Å². The van der Waals surface area contributed by atoms with E-state index >= 15 is 0 Å². The number of fused-ring (bicyclic) bond motifs is 1. The van der Waals surface area contributed by atoms with Crippen LogP contribution in [0.4, 0.5) is 5.69 Å². The van der Waals surface area contributed by atoms with Crippen molar-refractivity contribution in [3.05, 3.63) is 88.4 Å². The van der Waals surface area contributed by atoms with Crippen molar-refractivity contribution in [3.8, 4) is 11.1 Å². The predicted octanol–water partition coefficient (Wildman–Crippen LogP) is 4.92. The molecule has 0 radical (unpaired) electrons. The zero-order valence-electron chi connectivity index (χ0n) is 12.6. The number of hydrogen-bond donors (Lipinski definition) is 0.